The number of hydrogen-bond donors (Lipinski definition) is 1. The van der Waals surface area contributed by atoms with Crippen LogP contribution in [-0.4, -0.2) is 61.2 Å². The zero-order valence-corrected chi connectivity index (χ0v) is 16.2. The molecule has 8 heteroatoms. The Kier molecular flexibility index (Phi) is 6.36. The quantitative estimate of drug-likeness (QED) is 0.849. The molecule has 1 aliphatic rings. The van der Waals surface area contributed by atoms with Gasteiger partial charge in [-0.1, -0.05) is 11.6 Å². The van der Waals surface area contributed by atoms with Gasteiger partial charge in [-0.05, 0) is 17.7 Å². The summed E-state index contributed by atoms with van der Waals surface area (Å²) in [6.07, 6.45) is 3.60. The Labute approximate surface area is 163 Å². The van der Waals surface area contributed by atoms with Crippen LogP contribution in [0.25, 0.3) is 0 Å². The van der Waals surface area contributed by atoms with Crippen molar-refractivity contribution in [2.24, 2.45) is 0 Å². The summed E-state index contributed by atoms with van der Waals surface area (Å²) in [5.41, 5.74) is 1.75. The third-order valence-electron chi connectivity index (χ3n) is 4.53. The highest BCUT2D eigenvalue weighted by Gasteiger charge is 2.22. The number of aromatic nitrogens is 1. The Morgan fingerprint density at radius 2 is 1.78 bits per heavy atom. The second kappa shape index (κ2) is 8.92. The van der Waals surface area contributed by atoms with Gasteiger partial charge in [0.05, 0.1) is 24.9 Å². The summed E-state index contributed by atoms with van der Waals surface area (Å²) in [6.45, 7) is 3.81. The van der Waals surface area contributed by atoms with Crippen molar-refractivity contribution in [2.45, 2.75) is 6.54 Å². The molecule has 0 bridgehead atoms. The number of nitrogens with one attached hydrogen (secondary N) is 1. The predicted octanol–water partition coefficient (Wildman–Crippen LogP) is 3.10. The summed E-state index contributed by atoms with van der Waals surface area (Å²) in [5.74, 6) is 0.973. The Hall–Kier alpha value is -2.51. The molecule has 1 saturated heterocycles. The van der Waals surface area contributed by atoms with Gasteiger partial charge >= 0.3 is 6.03 Å². The molecule has 0 saturated carbocycles. The van der Waals surface area contributed by atoms with Crippen molar-refractivity contribution in [1.82, 2.24) is 14.8 Å². The van der Waals surface area contributed by atoms with Gasteiger partial charge in [0.25, 0.3) is 0 Å². The highest BCUT2D eigenvalue weighted by atomic mass is 35.5. The Morgan fingerprint density at radius 1 is 1.11 bits per heavy atom. The second-order valence-electron chi connectivity index (χ2n) is 6.24. The number of carbonyl (C=O) groups is 1. The second-order valence-corrected chi connectivity index (χ2v) is 6.64. The van der Waals surface area contributed by atoms with Crippen LogP contribution >= 0.6 is 11.6 Å². The van der Waals surface area contributed by atoms with E-state index in [1.807, 2.05) is 12.1 Å². The van der Waals surface area contributed by atoms with Crippen LogP contribution in [0.1, 0.15) is 5.56 Å². The van der Waals surface area contributed by atoms with Crippen molar-refractivity contribution in [3.63, 3.8) is 0 Å². The summed E-state index contributed by atoms with van der Waals surface area (Å²) >= 11 is 6.11. The van der Waals surface area contributed by atoms with E-state index in [4.69, 9.17) is 21.1 Å². The highest BCUT2D eigenvalue weighted by Crippen LogP contribution is 2.36. The van der Waals surface area contributed by atoms with Crippen molar-refractivity contribution in [2.75, 3.05) is 45.7 Å². The lowest BCUT2D eigenvalue weighted by Gasteiger charge is -2.34. The first kappa shape index (κ1) is 19.3. The lowest BCUT2D eigenvalue weighted by Crippen LogP contribution is -2.49. The lowest BCUT2D eigenvalue weighted by atomic mass is 10.2. The van der Waals surface area contributed by atoms with E-state index >= 15 is 0 Å². The number of rotatable bonds is 5. The van der Waals surface area contributed by atoms with E-state index in [1.54, 1.807) is 29.4 Å². The molecule has 0 aliphatic carbocycles. The Bertz CT molecular complexity index is 780. The number of nitrogens with zero attached hydrogens (tertiary/aromatic N) is 3. The number of halogens is 1. The van der Waals surface area contributed by atoms with Crippen molar-refractivity contribution in [3.05, 3.63) is 47.2 Å². The smallest absolute Gasteiger partial charge is 0.322 e. The minimum absolute atomic E-state index is 0.166. The first-order valence-corrected chi connectivity index (χ1v) is 9.07. The van der Waals surface area contributed by atoms with E-state index in [0.717, 1.165) is 19.6 Å². The number of pyridine rings is 1. The third-order valence-corrected chi connectivity index (χ3v) is 4.83. The van der Waals surface area contributed by atoms with Crippen molar-refractivity contribution in [3.8, 4) is 11.5 Å². The molecule has 144 valence electrons. The average molecular weight is 391 g/mol. The zero-order chi connectivity index (χ0) is 19.2. The molecular weight excluding hydrogens is 368 g/mol. The van der Waals surface area contributed by atoms with E-state index in [-0.39, 0.29) is 6.03 Å². The maximum Gasteiger partial charge on any atom is 0.322 e. The molecule has 0 unspecified atom stereocenters. The van der Waals surface area contributed by atoms with Crippen LogP contribution in [0.3, 0.4) is 0 Å². The van der Waals surface area contributed by atoms with Crippen molar-refractivity contribution >= 4 is 23.3 Å². The number of urea groups is 1. The molecule has 2 amide bonds. The number of carbonyl (C=O) groups excluding carboxylic acids is 1. The molecule has 1 aliphatic heterocycles. The number of methoxy groups -OCH3 is 2. The molecule has 2 heterocycles. The van der Waals surface area contributed by atoms with Gasteiger partial charge in [0.2, 0.25) is 0 Å². The number of piperazine rings is 1. The molecule has 1 N–H and O–H groups in total. The molecule has 1 aromatic heterocycles. The maximum absolute atomic E-state index is 12.6. The summed E-state index contributed by atoms with van der Waals surface area (Å²) in [4.78, 5) is 20.8. The number of anilines is 1. The van der Waals surface area contributed by atoms with Gasteiger partial charge < -0.3 is 19.7 Å². The monoisotopic (exact) mass is 390 g/mol. The van der Waals surface area contributed by atoms with Gasteiger partial charge in [0.15, 0.2) is 0 Å². The SMILES string of the molecule is COc1cc(NC(=O)N2CCN(Cc3ccncc3)CC2)c(OC)cc1Cl. The van der Waals surface area contributed by atoms with E-state index in [2.05, 4.69) is 15.2 Å². The average Bonchev–Trinajstić information content (AvgIpc) is 2.70. The molecule has 1 aromatic carbocycles. The number of hydrogen-bond acceptors (Lipinski definition) is 5. The van der Waals surface area contributed by atoms with Crippen LogP contribution in [-0.2, 0) is 6.54 Å². The van der Waals surface area contributed by atoms with Gasteiger partial charge in [0.1, 0.15) is 11.5 Å². The molecule has 0 spiro atoms. The number of ether oxygens (including phenoxy) is 2. The van der Waals surface area contributed by atoms with Gasteiger partial charge in [-0.3, -0.25) is 9.88 Å². The van der Waals surface area contributed by atoms with E-state index in [1.165, 1.54) is 19.8 Å². The van der Waals surface area contributed by atoms with Gasteiger partial charge in [-0.15, -0.1) is 0 Å². The van der Waals surface area contributed by atoms with E-state index in [9.17, 15) is 4.79 Å². The molecular formula is C19H23ClN4O3. The lowest BCUT2D eigenvalue weighted by molar-refractivity contribution is 0.143. The summed E-state index contributed by atoms with van der Waals surface area (Å²) in [7, 11) is 3.06. The predicted molar refractivity (Wildman–Crippen MR) is 105 cm³/mol. The highest BCUT2D eigenvalue weighted by molar-refractivity contribution is 6.32. The van der Waals surface area contributed by atoms with Crippen LogP contribution in [0.2, 0.25) is 5.02 Å². The van der Waals surface area contributed by atoms with Crippen LogP contribution in [0.15, 0.2) is 36.7 Å². The Balaban J connectivity index is 1.58. The fraction of sp³-hybridized carbons (Fsp3) is 0.368. The minimum atomic E-state index is -0.166. The normalized spacial score (nSPS) is 14.7. The topological polar surface area (TPSA) is 66.9 Å². The first-order valence-electron chi connectivity index (χ1n) is 8.69. The third kappa shape index (κ3) is 4.81. The molecule has 27 heavy (non-hydrogen) atoms. The van der Waals surface area contributed by atoms with Crippen LogP contribution in [0, 0.1) is 0 Å². The van der Waals surface area contributed by atoms with Crippen LogP contribution < -0.4 is 14.8 Å². The van der Waals surface area contributed by atoms with Gasteiger partial charge in [-0.2, -0.15) is 0 Å². The zero-order valence-electron chi connectivity index (χ0n) is 15.4. The molecule has 2 aromatic rings. The summed E-state index contributed by atoms with van der Waals surface area (Å²) in [6, 6.07) is 7.15. The molecule has 0 atom stereocenters. The van der Waals surface area contributed by atoms with Crippen molar-refractivity contribution < 1.29 is 14.3 Å². The Morgan fingerprint density at radius 3 is 2.41 bits per heavy atom. The molecule has 7 nitrogen and oxygen atoms in total. The largest absolute Gasteiger partial charge is 0.495 e. The van der Waals surface area contributed by atoms with Gasteiger partial charge in [0, 0.05) is 57.3 Å². The summed E-state index contributed by atoms with van der Waals surface area (Å²) in [5, 5.41) is 3.32. The van der Waals surface area contributed by atoms with Crippen LogP contribution in [0.4, 0.5) is 10.5 Å². The fourth-order valence-corrected chi connectivity index (χ4v) is 3.24. The standard InChI is InChI=1S/C19H23ClN4O3/c1-26-17-12-16(18(27-2)11-15(17)20)22-19(25)24-9-7-23(8-10-24)13-14-3-5-21-6-4-14/h3-6,11-12H,7-10,13H2,1-2H3,(H,22,25). The fourth-order valence-electron chi connectivity index (χ4n) is 3.01. The molecule has 0 radical (unpaired) electrons. The molecule has 3 rings (SSSR count). The van der Waals surface area contributed by atoms with Gasteiger partial charge in [-0.25, -0.2) is 4.79 Å². The number of benzene rings is 1. The van der Waals surface area contributed by atoms with Crippen molar-refractivity contribution in [1.29, 1.82) is 0 Å². The first-order chi connectivity index (χ1) is 13.1. The summed E-state index contributed by atoms with van der Waals surface area (Å²) < 4.78 is 10.5. The van der Waals surface area contributed by atoms with E-state index in [0.29, 0.717) is 35.3 Å². The molecule has 1 fully saturated rings. The van der Waals surface area contributed by atoms with Crippen LogP contribution in [0.5, 0.6) is 11.5 Å². The minimum Gasteiger partial charge on any atom is -0.495 e. The van der Waals surface area contributed by atoms with E-state index < -0.39 is 0 Å². The maximum atomic E-state index is 12.6. The number of amides is 2.